The first-order valence-electron chi connectivity index (χ1n) is 6.38. The summed E-state index contributed by atoms with van der Waals surface area (Å²) in [6.45, 7) is 12.1. The molecular formula is C12H27N3. The molecule has 0 radical (unpaired) electrons. The summed E-state index contributed by atoms with van der Waals surface area (Å²) in [6, 6.07) is 0.652. The third kappa shape index (κ3) is 4.96. The van der Waals surface area contributed by atoms with Crippen molar-refractivity contribution >= 4 is 0 Å². The van der Waals surface area contributed by atoms with Gasteiger partial charge in [-0.15, -0.1) is 0 Å². The van der Waals surface area contributed by atoms with E-state index < -0.39 is 0 Å². The van der Waals surface area contributed by atoms with Crippen molar-refractivity contribution in [1.82, 2.24) is 15.1 Å². The van der Waals surface area contributed by atoms with E-state index in [2.05, 4.69) is 29.0 Å². The van der Waals surface area contributed by atoms with Crippen LogP contribution in [0.4, 0.5) is 0 Å². The van der Waals surface area contributed by atoms with Gasteiger partial charge in [0, 0.05) is 32.2 Å². The van der Waals surface area contributed by atoms with Crippen LogP contribution >= 0.6 is 0 Å². The first kappa shape index (κ1) is 12.9. The summed E-state index contributed by atoms with van der Waals surface area (Å²) in [5, 5.41) is 3.30. The molecule has 15 heavy (non-hydrogen) atoms. The van der Waals surface area contributed by atoms with Gasteiger partial charge in [-0.05, 0) is 39.9 Å². The zero-order valence-electron chi connectivity index (χ0n) is 10.6. The Labute approximate surface area is 94.8 Å². The summed E-state index contributed by atoms with van der Waals surface area (Å²) in [5.41, 5.74) is 0. The van der Waals surface area contributed by atoms with Crippen LogP contribution in [0, 0.1) is 0 Å². The minimum Gasteiger partial charge on any atom is -0.317 e. The van der Waals surface area contributed by atoms with Crippen LogP contribution < -0.4 is 5.32 Å². The van der Waals surface area contributed by atoms with Crippen LogP contribution in [0.15, 0.2) is 0 Å². The Morgan fingerprint density at radius 2 is 1.60 bits per heavy atom. The lowest BCUT2D eigenvalue weighted by molar-refractivity contribution is 0.129. The van der Waals surface area contributed by atoms with Gasteiger partial charge in [0.2, 0.25) is 0 Å². The molecule has 1 fully saturated rings. The maximum absolute atomic E-state index is 3.30. The van der Waals surface area contributed by atoms with Crippen LogP contribution in [0.2, 0.25) is 0 Å². The largest absolute Gasteiger partial charge is 0.317 e. The molecule has 3 heteroatoms. The third-order valence-corrected chi connectivity index (χ3v) is 3.38. The maximum Gasteiger partial charge on any atom is 0.0110 e. The molecule has 0 aromatic heterocycles. The Bertz CT molecular complexity index is 153. The maximum atomic E-state index is 3.30. The van der Waals surface area contributed by atoms with Gasteiger partial charge in [0.25, 0.3) is 0 Å². The highest BCUT2D eigenvalue weighted by atomic mass is 15.3. The molecular weight excluding hydrogens is 186 g/mol. The van der Waals surface area contributed by atoms with Gasteiger partial charge < -0.3 is 15.1 Å². The Kier molecular flexibility index (Phi) is 6.22. The van der Waals surface area contributed by atoms with Gasteiger partial charge in [-0.2, -0.15) is 0 Å². The number of piperazine rings is 1. The molecule has 1 saturated heterocycles. The molecule has 1 atom stereocenters. The second-order valence-electron chi connectivity index (χ2n) is 4.66. The van der Waals surface area contributed by atoms with Crippen molar-refractivity contribution < 1.29 is 0 Å². The van der Waals surface area contributed by atoms with E-state index in [4.69, 9.17) is 0 Å². The molecule has 90 valence electrons. The van der Waals surface area contributed by atoms with E-state index in [1.807, 2.05) is 7.05 Å². The van der Waals surface area contributed by atoms with Crippen LogP contribution in [0.5, 0.6) is 0 Å². The van der Waals surface area contributed by atoms with Crippen molar-refractivity contribution in [3.05, 3.63) is 0 Å². The lowest BCUT2D eigenvalue weighted by Gasteiger charge is -2.34. The summed E-state index contributed by atoms with van der Waals surface area (Å²) >= 11 is 0. The van der Waals surface area contributed by atoms with Crippen molar-refractivity contribution in [2.75, 3.05) is 46.3 Å². The Morgan fingerprint density at radius 3 is 2.07 bits per heavy atom. The highest BCUT2D eigenvalue weighted by Gasteiger charge is 2.15. The number of nitrogens with zero attached hydrogens (tertiary/aromatic N) is 2. The fourth-order valence-corrected chi connectivity index (χ4v) is 2.07. The lowest BCUT2D eigenvalue weighted by atomic mass is 10.2. The molecule has 1 unspecified atom stereocenters. The quantitative estimate of drug-likeness (QED) is 0.710. The molecule has 0 aromatic rings. The molecule has 0 saturated carbocycles. The van der Waals surface area contributed by atoms with Crippen molar-refractivity contribution in [3.8, 4) is 0 Å². The minimum absolute atomic E-state index is 0.652. The van der Waals surface area contributed by atoms with Crippen molar-refractivity contribution in [3.63, 3.8) is 0 Å². The Balaban J connectivity index is 2.09. The number of hydrogen-bond acceptors (Lipinski definition) is 3. The first-order chi connectivity index (χ1) is 7.26. The topological polar surface area (TPSA) is 18.5 Å². The third-order valence-electron chi connectivity index (χ3n) is 3.38. The van der Waals surface area contributed by atoms with E-state index in [0.717, 1.165) is 0 Å². The van der Waals surface area contributed by atoms with Crippen LogP contribution in [-0.2, 0) is 0 Å². The molecule has 0 bridgehead atoms. The van der Waals surface area contributed by atoms with Crippen LogP contribution in [0.3, 0.4) is 0 Å². The molecule has 0 amide bonds. The van der Waals surface area contributed by atoms with Crippen LogP contribution in [-0.4, -0.2) is 62.2 Å². The van der Waals surface area contributed by atoms with E-state index in [0.29, 0.717) is 6.04 Å². The molecule has 1 N–H and O–H groups in total. The second-order valence-corrected chi connectivity index (χ2v) is 4.66. The van der Waals surface area contributed by atoms with E-state index in [1.54, 1.807) is 0 Å². The van der Waals surface area contributed by atoms with Gasteiger partial charge in [0.1, 0.15) is 0 Å². The zero-order valence-corrected chi connectivity index (χ0v) is 10.6. The average molecular weight is 213 g/mol. The summed E-state index contributed by atoms with van der Waals surface area (Å²) in [4.78, 5) is 5.18. The molecule has 1 aliphatic rings. The molecule has 3 nitrogen and oxygen atoms in total. The molecule has 0 aromatic carbocycles. The highest BCUT2D eigenvalue weighted by Crippen LogP contribution is 2.04. The predicted molar refractivity (Wildman–Crippen MR) is 66.3 cm³/mol. The average Bonchev–Trinajstić information content (AvgIpc) is 2.28. The van der Waals surface area contributed by atoms with E-state index in [1.165, 1.54) is 52.1 Å². The van der Waals surface area contributed by atoms with Crippen LogP contribution in [0.1, 0.15) is 26.7 Å². The fraction of sp³-hybridized carbons (Fsp3) is 1.00. The summed E-state index contributed by atoms with van der Waals surface area (Å²) in [7, 11) is 2.05. The van der Waals surface area contributed by atoms with E-state index >= 15 is 0 Å². The van der Waals surface area contributed by atoms with Crippen molar-refractivity contribution in [2.45, 2.75) is 32.7 Å². The van der Waals surface area contributed by atoms with Gasteiger partial charge in [0.15, 0.2) is 0 Å². The van der Waals surface area contributed by atoms with Gasteiger partial charge in [-0.1, -0.05) is 6.92 Å². The summed E-state index contributed by atoms with van der Waals surface area (Å²) in [5.74, 6) is 0. The smallest absolute Gasteiger partial charge is 0.0110 e. The Morgan fingerprint density at radius 1 is 1.07 bits per heavy atom. The Hall–Kier alpha value is -0.120. The molecule has 1 heterocycles. The summed E-state index contributed by atoms with van der Waals surface area (Å²) < 4.78 is 0. The van der Waals surface area contributed by atoms with Crippen molar-refractivity contribution in [2.24, 2.45) is 0 Å². The monoisotopic (exact) mass is 213 g/mol. The molecule has 0 spiro atoms. The number of rotatable bonds is 6. The van der Waals surface area contributed by atoms with Gasteiger partial charge in [-0.3, -0.25) is 0 Å². The van der Waals surface area contributed by atoms with Gasteiger partial charge in [0.05, 0.1) is 0 Å². The fourth-order valence-electron chi connectivity index (χ4n) is 2.07. The highest BCUT2D eigenvalue weighted by molar-refractivity contribution is 4.72. The second kappa shape index (κ2) is 7.20. The van der Waals surface area contributed by atoms with Gasteiger partial charge in [-0.25, -0.2) is 0 Å². The van der Waals surface area contributed by atoms with Crippen LogP contribution in [0.25, 0.3) is 0 Å². The minimum atomic E-state index is 0.652. The van der Waals surface area contributed by atoms with E-state index in [9.17, 15) is 0 Å². The SMILES string of the molecule is CCCN1CCN(CCC(C)NC)CC1. The normalized spacial score (nSPS) is 21.8. The standard InChI is InChI=1S/C12H27N3/c1-4-6-14-8-10-15(11-9-14)7-5-12(2)13-3/h12-13H,4-11H2,1-3H3. The molecule has 1 aliphatic heterocycles. The summed E-state index contributed by atoms with van der Waals surface area (Å²) in [6.07, 6.45) is 2.56. The van der Waals surface area contributed by atoms with Gasteiger partial charge >= 0.3 is 0 Å². The number of hydrogen-bond donors (Lipinski definition) is 1. The molecule has 0 aliphatic carbocycles. The van der Waals surface area contributed by atoms with Crippen molar-refractivity contribution in [1.29, 1.82) is 0 Å². The molecule has 1 rings (SSSR count). The lowest BCUT2D eigenvalue weighted by Crippen LogP contribution is -2.47. The first-order valence-corrected chi connectivity index (χ1v) is 6.38. The predicted octanol–water partition coefficient (Wildman–Crippen LogP) is 1.01. The number of nitrogens with one attached hydrogen (secondary N) is 1. The van der Waals surface area contributed by atoms with E-state index in [-0.39, 0.29) is 0 Å². The zero-order chi connectivity index (χ0) is 11.1.